The predicted octanol–water partition coefficient (Wildman–Crippen LogP) is 2.76. The fourth-order valence-corrected chi connectivity index (χ4v) is 2.01. The first kappa shape index (κ1) is 12.7. The molecule has 0 saturated carbocycles. The highest BCUT2D eigenvalue weighted by Crippen LogP contribution is 2.37. The Morgan fingerprint density at radius 1 is 1.38 bits per heavy atom. The third kappa shape index (κ3) is 2.41. The lowest BCUT2D eigenvalue weighted by atomic mass is 10.2. The largest absolute Gasteiger partial charge is 0.465 e. The number of esters is 1. The third-order valence-electron chi connectivity index (χ3n) is 1.76. The number of carbonyl (C=O) groups excluding carboxylic acids is 2. The lowest BCUT2D eigenvalue weighted by molar-refractivity contribution is -0.137. The van der Waals surface area contributed by atoms with Crippen LogP contribution in [0.3, 0.4) is 0 Å². The van der Waals surface area contributed by atoms with Crippen molar-refractivity contribution < 1.29 is 27.5 Å². The summed E-state index contributed by atoms with van der Waals surface area (Å²) in [5.41, 5.74) is -1.13. The zero-order valence-corrected chi connectivity index (χ0v) is 9.16. The molecule has 0 bridgehead atoms. The molecule has 0 aromatic carbocycles. The molecule has 0 atom stereocenters. The summed E-state index contributed by atoms with van der Waals surface area (Å²) in [6.07, 6.45) is -4.67. The van der Waals surface area contributed by atoms with Gasteiger partial charge in [0.05, 0.1) is 17.6 Å². The molecule has 0 aliphatic rings. The highest BCUT2D eigenvalue weighted by molar-refractivity contribution is 7.16. The van der Waals surface area contributed by atoms with Gasteiger partial charge in [0.25, 0.3) is 0 Å². The van der Waals surface area contributed by atoms with E-state index in [4.69, 9.17) is 0 Å². The van der Waals surface area contributed by atoms with Crippen molar-refractivity contribution in [3.8, 4) is 0 Å². The number of halogens is 3. The summed E-state index contributed by atoms with van der Waals surface area (Å²) in [7, 11) is 0.982. The number of rotatable bonds is 2. The van der Waals surface area contributed by atoms with Crippen LogP contribution in [0.2, 0.25) is 0 Å². The molecule has 0 N–H and O–H groups in total. The van der Waals surface area contributed by atoms with E-state index in [-0.39, 0.29) is 4.88 Å². The average Bonchev–Trinajstić information content (AvgIpc) is 2.60. The van der Waals surface area contributed by atoms with Crippen LogP contribution in [-0.4, -0.2) is 18.9 Å². The van der Waals surface area contributed by atoms with Crippen LogP contribution < -0.4 is 0 Å². The zero-order valence-electron chi connectivity index (χ0n) is 8.34. The van der Waals surface area contributed by atoms with E-state index in [1.807, 2.05) is 0 Å². The van der Waals surface area contributed by atoms with Crippen LogP contribution >= 0.6 is 11.3 Å². The molecule has 88 valence electrons. The summed E-state index contributed by atoms with van der Waals surface area (Å²) in [6, 6.07) is 0.666. The Morgan fingerprint density at radius 2 is 1.94 bits per heavy atom. The Morgan fingerprint density at radius 3 is 2.31 bits per heavy atom. The van der Waals surface area contributed by atoms with E-state index in [1.54, 1.807) is 0 Å². The van der Waals surface area contributed by atoms with E-state index in [0.717, 1.165) is 14.0 Å². The summed E-state index contributed by atoms with van der Waals surface area (Å²) in [6.45, 7) is 1.13. The first-order valence-electron chi connectivity index (χ1n) is 4.07. The number of hydrogen-bond acceptors (Lipinski definition) is 4. The number of ketones is 1. The molecule has 0 amide bonds. The summed E-state index contributed by atoms with van der Waals surface area (Å²) in [5, 5.41) is 0. The number of hydrogen-bond donors (Lipinski definition) is 0. The van der Waals surface area contributed by atoms with Gasteiger partial charge in [0.2, 0.25) is 0 Å². The Balaban J connectivity index is 3.34. The van der Waals surface area contributed by atoms with Gasteiger partial charge in [-0.2, -0.15) is 13.2 Å². The normalized spacial score (nSPS) is 11.3. The first-order chi connectivity index (χ1) is 7.27. The number of carbonyl (C=O) groups is 2. The van der Waals surface area contributed by atoms with Gasteiger partial charge in [-0.05, 0) is 13.0 Å². The van der Waals surface area contributed by atoms with E-state index in [2.05, 4.69) is 4.74 Å². The van der Waals surface area contributed by atoms with Crippen molar-refractivity contribution in [2.24, 2.45) is 0 Å². The molecule has 1 aromatic heterocycles. The lowest BCUT2D eigenvalue weighted by Crippen LogP contribution is -2.10. The Kier molecular flexibility index (Phi) is 3.37. The zero-order chi connectivity index (χ0) is 12.5. The van der Waals surface area contributed by atoms with Gasteiger partial charge in [0.15, 0.2) is 5.78 Å². The summed E-state index contributed by atoms with van der Waals surface area (Å²) >= 11 is 0.483. The summed E-state index contributed by atoms with van der Waals surface area (Å²) in [5.74, 6) is -1.62. The molecule has 3 nitrogen and oxygen atoms in total. The molecule has 7 heteroatoms. The van der Waals surface area contributed by atoms with Gasteiger partial charge < -0.3 is 4.74 Å². The topological polar surface area (TPSA) is 43.4 Å². The number of Topliss-reactive ketones (excluding diaryl/α,β-unsaturated/α-hetero) is 1. The van der Waals surface area contributed by atoms with Gasteiger partial charge in [0, 0.05) is 0 Å². The second kappa shape index (κ2) is 4.25. The van der Waals surface area contributed by atoms with Gasteiger partial charge in [0.1, 0.15) is 4.88 Å². The maximum absolute atomic E-state index is 12.5. The van der Waals surface area contributed by atoms with Crippen LogP contribution in [0.4, 0.5) is 13.2 Å². The minimum atomic E-state index is -4.67. The molecule has 0 aliphatic carbocycles. The molecule has 0 unspecified atom stereocenters. The van der Waals surface area contributed by atoms with Crippen molar-refractivity contribution in [2.75, 3.05) is 7.11 Å². The third-order valence-corrected chi connectivity index (χ3v) is 2.97. The van der Waals surface area contributed by atoms with Crippen molar-refractivity contribution in [1.82, 2.24) is 0 Å². The van der Waals surface area contributed by atoms with Crippen molar-refractivity contribution in [2.45, 2.75) is 13.1 Å². The summed E-state index contributed by atoms with van der Waals surface area (Å²) < 4.78 is 41.8. The van der Waals surface area contributed by atoms with Crippen LogP contribution in [0.1, 0.15) is 31.8 Å². The minimum absolute atomic E-state index is 0.118. The first-order valence-corrected chi connectivity index (χ1v) is 4.89. The van der Waals surface area contributed by atoms with Crippen LogP contribution in [-0.2, 0) is 10.9 Å². The van der Waals surface area contributed by atoms with Crippen LogP contribution in [0.25, 0.3) is 0 Å². The molecule has 0 aliphatic heterocycles. The molecule has 0 saturated heterocycles. The average molecular weight is 252 g/mol. The van der Waals surface area contributed by atoms with Gasteiger partial charge >= 0.3 is 12.1 Å². The Bertz CT molecular complexity index is 434. The van der Waals surface area contributed by atoms with E-state index in [0.29, 0.717) is 17.4 Å². The number of ether oxygens (including phenoxy) is 1. The fourth-order valence-electron chi connectivity index (χ4n) is 1.02. The standard InChI is InChI=1S/C9H7F3O3S/c1-4(13)6-3-5(9(10,11)12)7(16-6)8(14)15-2/h3H,1-2H3. The molecule has 1 heterocycles. The highest BCUT2D eigenvalue weighted by Gasteiger charge is 2.38. The second-order valence-corrected chi connectivity index (χ2v) is 3.95. The molecular weight excluding hydrogens is 245 g/mol. The molecule has 0 spiro atoms. The van der Waals surface area contributed by atoms with Crippen molar-refractivity contribution in [3.05, 3.63) is 21.4 Å². The van der Waals surface area contributed by atoms with Crippen molar-refractivity contribution >= 4 is 23.1 Å². The van der Waals surface area contributed by atoms with Crippen molar-refractivity contribution in [3.63, 3.8) is 0 Å². The highest BCUT2D eigenvalue weighted by atomic mass is 32.1. The van der Waals surface area contributed by atoms with Gasteiger partial charge in [-0.25, -0.2) is 4.79 Å². The molecule has 16 heavy (non-hydrogen) atoms. The van der Waals surface area contributed by atoms with Crippen LogP contribution in [0.15, 0.2) is 6.07 Å². The molecular formula is C9H7F3O3S. The lowest BCUT2D eigenvalue weighted by Gasteiger charge is -2.05. The van der Waals surface area contributed by atoms with E-state index < -0.39 is 28.4 Å². The van der Waals surface area contributed by atoms with E-state index in [9.17, 15) is 22.8 Å². The van der Waals surface area contributed by atoms with Crippen molar-refractivity contribution in [1.29, 1.82) is 0 Å². The maximum Gasteiger partial charge on any atom is 0.418 e. The molecule has 0 radical (unpaired) electrons. The molecule has 1 aromatic rings. The summed E-state index contributed by atoms with van der Waals surface area (Å²) in [4.78, 5) is 21.3. The second-order valence-electron chi connectivity index (χ2n) is 2.90. The van der Waals surface area contributed by atoms with E-state index >= 15 is 0 Å². The quantitative estimate of drug-likeness (QED) is 0.600. The Hall–Kier alpha value is -1.37. The SMILES string of the molecule is COC(=O)c1sc(C(C)=O)cc1C(F)(F)F. The smallest absolute Gasteiger partial charge is 0.418 e. The molecule has 1 rings (SSSR count). The maximum atomic E-state index is 12.5. The number of methoxy groups -OCH3 is 1. The van der Waals surface area contributed by atoms with Gasteiger partial charge in [-0.15, -0.1) is 11.3 Å². The van der Waals surface area contributed by atoms with Gasteiger partial charge in [-0.3, -0.25) is 4.79 Å². The van der Waals surface area contributed by atoms with E-state index in [1.165, 1.54) is 0 Å². The van der Waals surface area contributed by atoms with Gasteiger partial charge in [-0.1, -0.05) is 0 Å². The minimum Gasteiger partial charge on any atom is -0.465 e. The van der Waals surface area contributed by atoms with Crippen LogP contribution in [0.5, 0.6) is 0 Å². The number of alkyl halides is 3. The fraction of sp³-hybridized carbons (Fsp3) is 0.333. The number of thiophene rings is 1. The van der Waals surface area contributed by atoms with Crippen LogP contribution in [0, 0.1) is 0 Å². The monoisotopic (exact) mass is 252 g/mol. The molecule has 0 fully saturated rings. The Labute approximate surface area is 92.8 Å². The predicted molar refractivity (Wildman–Crippen MR) is 50.7 cm³/mol.